The molecule has 1 aromatic carbocycles. The molecular formula is C13H19N3O5S. The molecule has 22 heavy (non-hydrogen) atoms. The van der Waals surface area contributed by atoms with Crippen molar-refractivity contribution in [3.05, 3.63) is 28.3 Å². The Labute approximate surface area is 129 Å². The molecule has 122 valence electrons. The van der Waals surface area contributed by atoms with Gasteiger partial charge in [0.25, 0.3) is 0 Å². The fourth-order valence-electron chi connectivity index (χ4n) is 2.59. The van der Waals surface area contributed by atoms with Crippen LogP contribution in [0.3, 0.4) is 0 Å². The number of nitro groups is 1. The quantitative estimate of drug-likeness (QED) is 0.652. The van der Waals surface area contributed by atoms with Crippen molar-refractivity contribution >= 4 is 15.7 Å². The van der Waals surface area contributed by atoms with Crippen LogP contribution in [-0.4, -0.2) is 49.9 Å². The van der Waals surface area contributed by atoms with Gasteiger partial charge in [0.2, 0.25) is 10.0 Å². The first kappa shape index (κ1) is 16.7. The first-order chi connectivity index (χ1) is 10.3. The van der Waals surface area contributed by atoms with Crippen molar-refractivity contribution in [3.63, 3.8) is 0 Å². The van der Waals surface area contributed by atoms with Gasteiger partial charge in [0.15, 0.2) is 5.75 Å². The van der Waals surface area contributed by atoms with E-state index in [1.165, 1.54) is 23.5 Å². The van der Waals surface area contributed by atoms with Crippen LogP contribution >= 0.6 is 0 Å². The molecule has 1 aromatic rings. The topological polar surface area (TPSA) is 102 Å². The Morgan fingerprint density at radius 1 is 1.32 bits per heavy atom. The molecule has 0 aromatic heterocycles. The molecule has 0 bridgehead atoms. The number of nitrogens with zero attached hydrogens (tertiary/aromatic N) is 2. The molecule has 1 N–H and O–H groups in total. The lowest BCUT2D eigenvalue weighted by Gasteiger charge is -2.35. The minimum absolute atomic E-state index is 0.0201. The number of hydrogen-bond donors (Lipinski definition) is 1. The molecule has 9 heteroatoms. The second kappa shape index (κ2) is 6.19. The molecule has 1 aliphatic rings. The smallest absolute Gasteiger partial charge is 0.312 e. The second-order valence-corrected chi connectivity index (χ2v) is 7.32. The minimum Gasteiger partial charge on any atom is -0.490 e. The number of nitrogens with one attached hydrogen (secondary N) is 1. The van der Waals surface area contributed by atoms with Crippen LogP contribution in [0.1, 0.15) is 13.8 Å². The van der Waals surface area contributed by atoms with E-state index in [2.05, 4.69) is 5.32 Å². The zero-order chi connectivity index (χ0) is 16.5. The van der Waals surface area contributed by atoms with E-state index in [1.54, 1.807) is 0 Å². The number of sulfonamides is 1. The lowest BCUT2D eigenvalue weighted by Crippen LogP contribution is -2.55. The third-order valence-corrected chi connectivity index (χ3v) is 5.34. The van der Waals surface area contributed by atoms with Crippen LogP contribution in [0, 0.1) is 10.1 Å². The summed E-state index contributed by atoms with van der Waals surface area (Å²) in [5.41, 5.74) is -0.361. The lowest BCUT2D eigenvalue weighted by molar-refractivity contribution is -0.386. The Bertz CT molecular complexity index is 666. The number of methoxy groups -OCH3 is 1. The van der Waals surface area contributed by atoms with E-state index in [4.69, 9.17) is 4.74 Å². The van der Waals surface area contributed by atoms with Gasteiger partial charge in [-0.05, 0) is 26.0 Å². The van der Waals surface area contributed by atoms with Crippen molar-refractivity contribution in [2.75, 3.05) is 20.2 Å². The summed E-state index contributed by atoms with van der Waals surface area (Å²) < 4.78 is 31.6. The third-order valence-electron chi connectivity index (χ3n) is 3.51. The molecule has 1 heterocycles. The summed E-state index contributed by atoms with van der Waals surface area (Å²) in [5.74, 6) is 0.0333. The van der Waals surface area contributed by atoms with E-state index < -0.39 is 14.9 Å². The van der Waals surface area contributed by atoms with Gasteiger partial charge in [-0.3, -0.25) is 10.1 Å². The first-order valence-electron chi connectivity index (χ1n) is 6.84. The fraction of sp³-hybridized carbons (Fsp3) is 0.538. The molecule has 0 amide bonds. The van der Waals surface area contributed by atoms with E-state index in [1.807, 2.05) is 13.8 Å². The maximum absolute atomic E-state index is 12.7. The zero-order valence-electron chi connectivity index (χ0n) is 12.6. The van der Waals surface area contributed by atoms with Crippen molar-refractivity contribution in [2.45, 2.75) is 30.8 Å². The molecule has 0 aliphatic carbocycles. The summed E-state index contributed by atoms with van der Waals surface area (Å²) in [7, 11) is -2.47. The molecule has 2 unspecified atom stereocenters. The zero-order valence-corrected chi connectivity index (χ0v) is 13.5. The van der Waals surface area contributed by atoms with Crippen LogP contribution in [0.2, 0.25) is 0 Å². The number of benzene rings is 1. The maximum atomic E-state index is 12.7. The van der Waals surface area contributed by atoms with Crippen molar-refractivity contribution in [1.29, 1.82) is 0 Å². The Kier molecular flexibility index (Phi) is 4.69. The lowest BCUT2D eigenvalue weighted by atomic mass is 10.2. The highest BCUT2D eigenvalue weighted by atomic mass is 32.2. The Hall–Kier alpha value is -1.71. The predicted molar refractivity (Wildman–Crippen MR) is 80.5 cm³/mol. The van der Waals surface area contributed by atoms with Gasteiger partial charge in [-0.2, -0.15) is 4.31 Å². The summed E-state index contributed by atoms with van der Waals surface area (Å²) in [4.78, 5) is 10.3. The molecule has 1 saturated heterocycles. The van der Waals surface area contributed by atoms with E-state index >= 15 is 0 Å². The van der Waals surface area contributed by atoms with E-state index in [0.717, 1.165) is 6.07 Å². The van der Waals surface area contributed by atoms with E-state index in [-0.39, 0.29) is 28.4 Å². The highest BCUT2D eigenvalue weighted by Crippen LogP contribution is 2.30. The highest BCUT2D eigenvalue weighted by molar-refractivity contribution is 7.89. The van der Waals surface area contributed by atoms with E-state index in [0.29, 0.717) is 13.1 Å². The first-order valence-corrected chi connectivity index (χ1v) is 8.28. The summed E-state index contributed by atoms with van der Waals surface area (Å²) in [6, 6.07) is 3.72. The van der Waals surface area contributed by atoms with Crippen molar-refractivity contribution in [1.82, 2.24) is 9.62 Å². The van der Waals surface area contributed by atoms with Gasteiger partial charge in [-0.1, -0.05) is 0 Å². The molecule has 0 radical (unpaired) electrons. The van der Waals surface area contributed by atoms with Crippen LogP contribution in [0.4, 0.5) is 5.69 Å². The number of piperazine rings is 1. The average molecular weight is 329 g/mol. The molecular weight excluding hydrogens is 310 g/mol. The SMILES string of the molecule is COc1ccc(S(=O)(=O)N2CC(C)NC(C)C2)cc1[N+](=O)[O-]. The molecule has 0 saturated carbocycles. The van der Waals surface area contributed by atoms with Crippen molar-refractivity contribution in [2.24, 2.45) is 0 Å². The second-order valence-electron chi connectivity index (χ2n) is 5.38. The average Bonchev–Trinajstić information content (AvgIpc) is 2.45. The van der Waals surface area contributed by atoms with Gasteiger partial charge in [0, 0.05) is 31.2 Å². The Morgan fingerprint density at radius 3 is 2.41 bits per heavy atom. The molecule has 8 nitrogen and oxygen atoms in total. The van der Waals surface area contributed by atoms with E-state index in [9.17, 15) is 18.5 Å². The third kappa shape index (κ3) is 3.21. The van der Waals surface area contributed by atoms with Crippen LogP contribution in [-0.2, 0) is 10.0 Å². The Morgan fingerprint density at radius 2 is 1.91 bits per heavy atom. The van der Waals surface area contributed by atoms with Crippen LogP contribution in [0.25, 0.3) is 0 Å². The van der Waals surface area contributed by atoms with Gasteiger partial charge in [-0.15, -0.1) is 0 Å². The largest absolute Gasteiger partial charge is 0.490 e. The van der Waals surface area contributed by atoms with Gasteiger partial charge < -0.3 is 10.1 Å². The van der Waals surface area contributed by atoms with Gasteiger partial charge in [0.05, 0.1) is 16.9 Å². The van der Waals surface area contributed by atoms with Gasteiger partial charge in [-0.25, -0.2) is 8.42 Å². The number of hydrogen-bond acceptors (Lipinski definition) is 6. The van der Waals surface area contributed by atoms with Crippen molar-refractivity contribution in [3.8, 4) is 5.75 Å². The standard InChI is InChI=1S/C13H19N3O5S/c1-9-7-15(8-10(2)14-9)22(19,20)11-4-5-13(21-3)12(6-11)16(17)18/h4-6,9-10,14H,7-8H2,1-3H3. The molecule has 1 fully saturated rings. The summed E-state index contributed by atoms with van der Waals surface area (Å²) in [6.07, 6.45) is 0. The fourth-order valence-corrected chi connectivity index (χ4v) is 4.23. The molecule has 0 spiro atoms. The summed E-state index contributed by atoms with van der Waals surface area (Å²) >= 11 is 0. The molecule has 2 atom stereocenters. The normalized spacial score (nSPS) is 23.2. The van der Waals surface area contributed by atoms with Crippen LogP contribution in [0.5, 0.6) is 5.75 Å². The number of ether oxygens (including phenoxy) is 1. The number of nitro benzene ring substituents is 1. The maximum Gasteiger partial charge on any atom is 0.312 e. The highest BCUT2D eigenvalue weighted by Gasteiger charge is 2.32. The summed E-state index contributed by atoms with van der Waals surface area (Å²) in [6.45, 7) is 4.45. The van der Waals surface area contributed by atoms with Gasteiger partial charge in [0.1, 0.15) is 0 Å². The summed E-state index contributed by atoms with van der Waals surface area (Å²) in [5, 5.41) is 14.3. The van der Waals surface area contributed by atoms with Crippen LogP contribution < -0.4 is 10.1 Å². The Balaban J connectivity index is 2.41. The minimum atomic E-state index is -3.78. The monoisotopic (exact) mass is 329 g/mol. The van der Waals surface area contributed by atoms with Crippen LogP contribution in [0.15, 0.2) is 23.1 Å². The molecule has 1 aliphatic heterocycles. The number of rotatable bonds is 4. The molecule has 2 rings (SSSR count). The van der Waals surface area contributed by atoms with Crippen molar-refractivity contribution < 1.29 is 18.1 Å². The van der Waals surface area contributed by atoms with Gasteiger partial charge >= 0.3 is 5.69 Å². The predicted octanol–water partition coefficient (Wildman–Crippen LogP) is 0.974.